The van der Waals surface area contributed by atoms with Gasteiger partial charge in [0.1, 0.15) is 0 Å². The molecule has 5 heteroatoms. The molecule has 0 saturated carbocycles. The van der Waals surface area contributed by atoms with E-state index in [0.717, 1.165) is 10.0 Å². The molecule has 1 aromatic rings. The minimum absolute atomic E-state index is 0.0422. The second-order valence-corrected chi connectivity index (χ2v) is 4.80. The number of hydrazine groups is 1. The van der Waals surface area contributed by atoms with Crippen LogP contribution in [0.2, 0.25) is 5.02 Å². The summed E-state index contributed by atoms with van der Waals surface area (Å²) in [6.45, 7) is 0.500. The largest absolute Gasteiger partial charge is 0.329 e. The van der Waals surface area contributed by atoms with Crippen LogP contribution in [0, 0.1) is 0 Å². The molecule has 1 aromatic carbocycles. The molecule has 3 nitrogen and oxygen atoms in total. The predicted octanol–water partition coefficient (Wildman–Crippen LogP) is 2.17. The van der Waals surface area contributed by atoms with Crippen LogP contribution in [-0.4, -0.2) is 25.6 Å². The Labute approximate surface area is 104 Å². The first-order valence-corrected chi connectivity index (χ1v) is 5.80. The van der Waals surface area contributed by atoms with Crippen molar-refractivity contribution in [1.29, 1.82) is 0 Å². The third kappa shape index (κ3) is 3.74. The van der Waals surface area contributed by atoms with Gasteiger partial charge in [-0.3, -0.25) is 0 Å². The Morgan fingerprint density at radius 2 is 2.20 bits per heavy atom. The molecule has 0 aliphatic rings. The van der Waals surface area contributed by atoms with Crippen molar-refractivity contribution in [3.05, 3.63) is 33.3 Å². The average Bonchev–Trinajstić information content (AvgIpc) is 2.14. The van der Waals surface area contributed by atoms with Crippen LogP contribution in [0.1, 0.15) is 11.6 Å². The Kier molecular flexibility index (Phi) is 5.02. The first-order valence-electron chi connectivity index (χ1n) is 4.63. The van der Waals surface area contributed by atoms with E-state index in [0.29, 0.717) is 11.6 Å². The summed E-state index contributed by atoms with van der Waals surface area (Å²) in [4.78, 5) is 0. The molecule has 84 valence electrons. The number of benzene rings is 1. The highest BCUT2D eigenvalue weighted by Crippen LogP contribution is 2.26. The van der Waals surface area contributed by atoms with E-state index in [1.165, 1.54) is 0 Å². The van der Waals surface area contributed by atoms with Crippen molar-refractivity contribution < 1.29 is 0 Å². The van der Waals surface area contributed by atoms with Gasteiger partial charge in [-0.1, -0.05) is 33.6 Å². The average molecular weight is 293 g/mol. The Hall–Kier alpha value is -0.130. The predicted molar refractivity (Wildman–Crippen MR) is 67.8 cm³/mol. The maximum Gasteiger partial charge on any atom is 0.0601 e. The van der Waals surface area contributed by atoms with Crippen molar-refractivity contribution >= 4 is 27.5 Å². The van der Waals surface area contributed by atoms with E-state index in [2.05, 4.69) is 21.4 Å². The number of nitrogens with zero attached hydrogens (tertiary/aromatic N) is 1. The second-order valence-electron chi connectivity index (χ2n) is 3.48. The van der Waals surface area contributed by atoms with Gasteiger partial charge in [0.25, 0.3) is 0 Å². The fourth-order valence-electron chi connectivity index (χ4n) is 1.34. The van der Waals surface area contributed by atoms with Crippen molar-refractivity contribution in [3.63, 3.8) is 0 Å². The van der Waals surface area contributed by atoms with E-state index in [-0.39, 0.29) is 6.04 Å². The summed E-state index contributed by atoms with van der Waals surface area (Å²) in [6, 6.07) is 5.85. The first kappa shape index (κ1) is 12.9. The van der Waals surface area contributed by atoms with Gasteiger partial charge in [0.2, 0.25) is 0 Å². The molecule has 0 heterocycles. The van der Waals surface area contributed by atoms with Gasteiger partial charge in [-0.05, 0) is 17.7 Å². The van der Waals surface area contributed by atoms with E-state index >= 15 is 0 Å². The molecule has 0 spiro atoms. The van der Waals surface area contributed by atoms with Crippen molar-refractivity contribution in [3.8, 4) is 0 Å². The minimum atomic E-state index is 0.0422. The Morgan fingerprint density at radius 3 is 2.67 bits per heavy atom. The number of hydrogen-bond donors (Lipinski definition) is 2. The number of nitrogens with two attached hydrogens (primary N) is 1. The second kappa shape index (κ2) is 5.82. The van der Waals surface area contributed by atoms with E-state index < -0.39 is 0 Å². The van der Waals surface area contributed by atoms with E-state index in [1.54, 1.807) is 0 Å². The van der Waals surface area contributed by atoms with Crippen LogP contribution in [0.25, 0.3) is 0 Å². The summed E-state index contributed by atoms with van der Waals surface area (Å²) < 4.78 is 0.969. The lowest BCUT2D eigenvalue weighted by Crippen LogP contribution is -2.38. The molecular weight excluding hydrogens is 277 g/mol. The lowest BCUT2D eigenvalue weighted by molar-refractivity contribution is 0.246. The van der Waals surface area contributed by atoms with E-state index in [1.807, 2.05) is 37.3 Å². The molecule has 0 aromatic heterocycles. The highest BCUT2D eigenvalue weighted by Gasteiger charge is 2.13. The third-order valence-electron chi connectivity index (χ3n) is 1.99. The number of hydrogen-bond acceptors (Lipinski definition) is 3. The summed E-state index contributed by atoms with van der Waals surface area (Å²) >= 11 is 9.51. The maximum absolute atomic E-state index is 6.14. The van der Waals surface area contributed by atoms with Crippen molar-refractivity contribution in [2.24, 2.45) is 5.73 Å². The fraction of sp³-hybridized carbons (Fsp3) is 0.400. The van der Waals surface area contributed by atoms with Crippen LogP contribution in [0.5, 0.6) is 0 Å². The molecule has 0 aliphatic carbocycles. The molecule has 1 unspecified atom stereocenters. The molecule has 0 bridgehead atoms. The van der Waals surface area contributed by atoms with Gasteiger partial charge in [-0.2, -0.15) is 0 Å². The highest BCUT2D eigenvalue weighted by molar-refractivity contribution is 9.10. The molecule has 1 atom stereocenters. The van der Waals surface area contributed by atoms with E-state index in [9.17, 15) is 0 Å². The smallest absolute Gasteiger partial charge is 0.0601 e. The summed E-state index contributed by atoms with van der Waals surface area (Å²) in [5.41, 5.74) is 9.93. The standard InChI is InChI=1S/C10H15BrClN3/c1-15(2)14-10(6-13)8-4-3-7(11)5-9(8)12/h3-5,10,14H,6,13H2,1-2H3. The molecular formula is C10H15BrClN3. The van der Waals surface area contributed by atoms with Gasteiger partial charge in [-0.15, -0.1) is 0 Å². The van der Waals surface area contributed by atoms with E-state index in [4.69, 9.17) is 17.3 Å². The zero-order valence-corrected chi connectivity index (χ0v) is 11.1. The van der Waals surface area contributed by atoms with Crippen molar-refractivity contribution in [2.45, 2.75) is 6.04 Å². The lowest BCUT2D eigenvalue weighted by atomic mass is 10.1. The minimum Gasteiger partial charge on any atom is -0.329 e. The summed E-state index contributed by atoms with van der Waals surface area (Å²) in [5.74, 6) is 0. The van der Waals surface area contributed by atoms with Crippen LogP contribution in [0.3, 0.4) is 0 Å². The molecule has 3 N–H and O–H groups in total. The summed E-state index contributed by atoms with van der Waals surface area (Å²) in [5, 5.41) is 2.59. The molecule has 0 radical (unpaired) electrons. The van der Waals surface area contributed by atoms with Crippen LogP contribution in [-0.2, 0) is 0 Å². The fourth-order valence-corrected chi connectivity index (χ4v) is 2.15. The third-order valence-corrected chi connectivity index (χ3v) is 2.81. The molecule has 0 amide bonds. The maximum atomic E-state index is 6.14. The first-order chi connectivity index (χ1) is 7.04. The molecule has 0 aliphatic heterocycles. The lowest BCUT2D eigenvalue weighted by Gasteiger charge is -2.22. The Bertz CT molecular complexity index is 330. The van der Waals surface area contributed by atoms with Crippen molar-refractivity contribution in [1.82, 2.24) is 10.4 Å². The number of halogens is 2. The van der Waals surface area contributed by atoms with Gasteiger partial charge < -0.3 is 5.73 Å². The number of rotatable bonds is 4. The zero-order valence-electron chi connectivity index (χ0n) is 8.80. The van der Waals surface area contributed by atoms with Crippen LogP contribution in [0.4, 0.5) is 0 Å². The van der Waals surface area contributed by atoms with Crippen LogP contribution in [0.15, 0.2) is 22.7 Å². The monoisotopic (exact) mass is 291 g/mol. The van der Waals surface area contributed by atoms with Gasteiger partial charge >= 0.3 is 0 Å². The van der Waals surface area contributed by atoms with Gasteiger partial charge in [0, 0.05) is 30.1 Å². The van der Waals surface area contributed by atoms with Gasteiger partial charge in [0.05, 0.1) is 6.04 Å². The highest BCUT2D eigenvalue weighted by atomic mass is 79.9. The van der Waals surface area contributed by atoms with Crippen LogP contribution < -0.4 is 11.2 Å². The molecule has 0 fully saturated rings. The SMILES string of the molecule is CN(C)NC(CN)c1ccc(Br)cc1Cl. The van der Waals surface area contributed by atoms with Crippen LogP contribution >= 0.6 is 27.5 Å². The zero-order chi connectivity index (χ0) is 11.4. The normalized spacial score (nSPS) is 13.2. The van der Waals surface area contributed by atoms with Crippen molar-refractivity contribution in [2.75, 3.05) is 20.6 Å². The quantitative estimate of drug-likeness (QED) is 0.836. The molecule has 0 saturated heterocycles. The topological polar surface area (TPSA) is 41.3 Å². The Morgan fingerprint density at radius 1 is 1.53 bits per heavy atom. The Balaban J connectivity index is 2.91. The molecule has 1 rings (SSSR count). The summed E-state index contributed by atoms with van der Waals surface area (Å²) in [6.07, 6.45) is 0. The van der Waals surface area contributed by atoms with Gasteiger partial charge in [-0.25, -0.2) is 10.4 Å². The number of nitrogens with one attached hydrogen (secondary N) is 1. The summed E-state index contributed by atoms with van der Waals surface area (Å²) in [7, 11) is 3.85. The molecule has 15 heavy (non-hydrogen) atoms. The van der Waals surface area contributed by atoms with Gasteiger partial charge in [0.15, 0.2) is 0 Å².